The zero-order valence-corrected chi connectivity index (χ0v) is 13.6. The van der Waals surface area contributed by atoms with Crippen LogP contribution >= 0.6 is 0 Å². The van der Waals surface area contributed by atoms with Crippen LogP contribution in [-0.4, -0.2) is 31.7 Å². The molecule has 0 bridgehead atoms. The monoisotopic (exact) mass is 315 g/mol. The van der Waals surface area contributed by atoms with E-state index >= 15 is 0 Å². The molecule has 0 aliphatic heterocycles. The lowest BCUT2D eigenvalue weighted by Crippen LogP contribution is -2.11. The summed E-state index contributed by atoms with van der Waals surface area (Å²) in [6.45, 7) is 4.78. The highest BCUT2D eigenvalue weighted by molar-refractivity contribution is 5.84. The van der Waals surface area contributed by atoms with E-state index in [9.17, 15) is 0 Å². The lowest BCUT2D eigenvalue weighted by Gasteiger charge is -2.14. The van der Waals surface area contributed by atoms with Gasteiger partial charge in [-0.1, -0.05) is 23.4 Å². The molecule has 0 saturated heterocycles. The maximum absolute atomic E-state index is 8.73. The van der Waals surface area contributed by atoms with Gasteiger partial charge in [0.1, 0.15) is 19.0 Å². The average molecular weight is 315 g/mol. The molecule has 0 heterocycles. The SMILES string of the molecule is COc1cccc(C=NO)c1OCCOc1cc(C)ccc1C. The predicted molar refractivity (Wildman–Crippen MR) is 89.3 cm³/mol. The number of hydrogen-bond donors (Lipinski definition) is 1. The minimum atomic E-state index is 0.347. The van der Waals surface area contributed by atoms with Gasteiger partial charge in [-0.05, 0) is 43.2 Å². The molecule has 0 aromatic heterocycles. The van der Waals surface area contributed by atoms with Gasteiger partial charge in [-0.3, -0.25) is 0 Å². The van der Waals surface area contributed by atoms with Crippen LogP contribution in [-0.2, 0) is 0 Å². The van der Waals surface area contributed by atoms with Crippen LogP contribution in [0.4, 0.5) is 0 Å². The zero-order valence-electron chi connectivity index (χ0n) is 13.6. The smallest absolute Gasteiger partial charge is 0.170 e. The number of ether oxygens (including phenoxy) is 3. The Morgan fingerprint density at radius 3 is 2.57 bits per heavy atom. The van der Waals surface area contributed by atoms with E-state index in [0.29, 0.717) is 30.3 Å². The third-order valence-corrected chi connectivity index (χ3v) is 3.36. The van der Waals surface area contributed by atoms with Gasteiger partial charge in [0, 0.05) is 5.56 Å². The molecule has 0 radical (unpaired) electrons. The van der Waals surface area contributed by atoms with E-state index in [2.05, 4.69) is 5.16 Å². The van der Waals surface area contributed by atoms with Gasteiger partial charge in [0.25, 0.3) is 0 Å². The third kappa shape index (κ3) is 4.39. The summed E-state index contributed by atoms with van der Waals surface area (Å²) in [5.41, 5.74) is 2.87. The first-order valence-corrected chi connectivity index (χ1v) is 7.33. The second kappa shape index (κ2) is 8.08. The van der Waals surface area contributed by atoms with Crippen LogP contribution in [0.15, 0.2) is 41.6 Å². The lowest BCUT2D eigenvalue weighted by molar-refractivity contribution is 0.210. The zero-order chi connectivity index (χ0) is 16.7. The maximum Gasteiger partial charge on any atom is 0.170 e. The quantitative estimate of drug-likeness (QED) is 0.367. The Hall–Kier alpha value is -2.69. The first kappa shape index (κ1) is 16.7. The number of hydrogen-bond acceptors (Lipinski definition) is 5. The second-order valence-electron chi connectivity index (χ2n) is 5.09. The molecule has 2 aromatic carbocycles. The highest BCUT2D eigenvalue weighted by atomic mass is 16.5. The van der Waals surface area contributed by atoms with Crippen molar-refractivity contribution >= 4 is 6.21 Å². The van der Waals surface area contributed by atoms with Crippen LogP contribution in [0.5, 0.6) is 17.2 Å². The number of nitrogens with zero attached hydrogens (tertiary/aromatic N) is 1. The van der Waals surface area contributed by atoms with Crippen molar-refractivity contribution in [3.63, 3.8) is 0 Å². The molecule has 2 rings (SSSR count). The summed E-state index contributed by atoms with van der Waals surface area (Å²) in [6, 6.07) is 11.5. The Morgan fingerprint density at radius 2 is 1.83 bits per heavy atom. The van der Waals surface area contributed by atoms with Gasteiger partial charge in [0.2, 0.25) is 0 Å². The van der Waals surface area contributed by atoms with Crippen LogP contribution in [0.1, 0.15) is 16.7 Å². The van der Waals surface area contributed by atoms with E-state index in [1.165, 1.54) is 6.21 Å². The number of benzene rings is 2. The van der Waals surface area contributed by atoms with Crippen molar-refractivity contribution in [1.82, 2.24) is 0 Å². The van der Waals surface area contributed by atoms with Crippen LogP contribution in [0.25, 0.3) is 0 Å². The Morgan fingerprint density at radius 1 is 1.04 bits per heavy atom. The van der Waals surface area contributed by atoms with Gasteiger partial charge in [0.05, 0.1) is 13.3 Å². The molecule has 23 heavy (non-hydrogen) atoms. The van der Waals surface area contributed by atoms with Gasteiger partial charge < -0.3 is 19.4 Å². The molecule has 122 valence electrons. The van der Waals surface area contributed by atoms with Crippen molar-refractivity contribution < 1.29 is 19.4 Å². The van der Waals surface area contributed by atoms with E-state index in [4.69, 9.17) is 19.4 Å². The summed E-state index contributed by atoms with van der Waals surface area (Å²) in [5, 5.41) is 11.8. The largest absolute Gasteiger partial charge is 0.493 e. The molecule has 0 aliphatic carbocycles. The highest BCUT2D eigenvalue weighted by Gasteiger charge is 2.09. The summed E-state index contributed by atoms with van der Waals surface area (Å²) in [7, 11) is 1.56. The second-order valence-corrected chi connectivity index (χ2v) is 5.09. The fourth-order valence-corrected chi connectivity index (χ4v) is 2.17. The standard InChI is InChI=1S/C18H21NO4/c1-13-7-8-14(2)17(11-13)22-9-10-23-18-15(12-19-20)5-4-6-16(18)21-3/h4-8,11-12,20H,9-10H2,1-3H3. The average Bonchev–Trinajstić information content (AvgIpc) is 2.55. The molecular formula is C18H21NO4. The van der Waals surface area contributed by atoms with Gasteiger partial charge in [-0.2, -0.15) is 0 Å². The molecule has 1 N–H and O–H groups in total. The van der Waals surface area contributed by atoms with Crippen molar-refractivity contribution in [2.45, 2.75) is 13.8 Å². The minimum absolute atomic E-state index is 0.347. The van der Waals surface area contributed by atoms with Gasteiger partial charge in [0.15, 0.2) is 11.5 Å². The van der Waals surface area contributed by atoms with Gasteiger partial charge in [-0.25, -0.2) is 0 Å². The molecule has 0 aliphatic rings. The molecule has 5 nitrogen and oxygen atoms in total. The molecular weight excluding hydrogens is 294 g/mol. The summed E-state index contributed by atoms with van der Waals surface area (Å²) in [5.74, 6) is 1.96. The van der Waals surface area contributed by atoms with Crippen molar-refractivity contribution in [2.24, 2.45) is 5.16 Å². The van der Waals surface area contributed by atoms with Gasteiger partial charge >= 0.3 is 0 Å². The lowest BCUT2D eigenvalue weighted by atomic mass is 10.1. The Labute approximate surface area is 136 Å². The fraction of sp³-hybridized carbons (Fsp3) is 0.278. The molecule has 2 aromatic rings. The number of para-hydroxylation sites is 1. The normalized spacial score (nSPS) is 10.7. The Balaban J connectivity index is 2.00. The summed E-state index contributed by atoms with van der Waals surface area (Å²) >= 11 is 0. The molecule has 5 heteroatoms. The summed E-state index contributed by atoms with van der Waals surface area (Å²) in [4.78, 5) is 0. The van der Waals surface area contributed by atoms with Crippen molar-refractivity contribution in [2.75, 3.05) is 20.3 Å². The predicted octanol–water partition coefficient (Wildman–Crippen LogP) is 3.58. The van der Waals surface area contributed by atoms with E-state index in [0.717, 1.165) is 16.9 Å². The molecule has 0 fully saturated rings. The van der Waals surface area contributed by atoms with Crippen molar-refractivity contribution in [3.8, 4) is 17.2 Å². The Bertz CT molecular complexity index is 683. The molecule has 0 amide bonds. The molecule has 0 spiro atoms. The van der Waals surface area contributed by atoms with Crippen molar-refractivity contribution in [1.29, 1.82) is 0 Å². The van der Waals surface area contributed by atoms with Gasteiger partial charge in [-0.15, -0.1) is 0 Å². The number of methoxy groups -OCH3 is 1. The number of rotatable bonds is 7. The summed E-state index contributed by atoms with van der Waals surface area (Å²) in [6.07, 6.45) is 1.31. The molecule has 0 unspecified atom stereocenters. The van der Waals surface area contributed by atoms with E-state index < -0.39 is 0 Å². The first-order valence-electron chi connectivity index (χ1n) is 7.33. The highest BCUT2D eigenvalue weighted by Crippen LogP contribution is 2.30. The summed E-state index contributed by atoms with van der Waals surface area (Å²) < 4.78 is 16.8. The topological polar surface area (TPSA) is 60.3 Å². The molecule has 0 saturated carbocycles. The van der Waals surface area contributed by atoms with E-state index in [1.54, 1.807) is 25.3 Å². The van der Waals surface area contributed by atoms with Crippen LogP contribution in [0.2, 0.25) is 0 Å². The van der Waals surface area contributed by atoms with Crippen LogP contribution in [0, 0.1) is 13.8 Å². The van der Waals surface area contributed by atoms with Crippen molar-refractivity contribution in [3.05, 3.63) is 53.1 Å². The van der Waals surface area contributed by atoms with E-state index in [1.807, 2.05) is 32.0 Å². The van der Waals surface area contributed by atoms with E-state index in [-0.39, 0.29) is 0 Å². The number of oxime groups is 1. The molecule has 0 atom stereocenters. The Kier molecular flexibility index (Phi) is 5.86. The van der Waals surface area contributed by atoms with Crippen LogP contribution < -0.4 is 14.2 Å². The number of aryl methyl sites for hydroxylation is 2. The third-order valence-electron chi connectivity index (χ3n) is 3.36. The maximum atomic E-state index is 8.73. The minimum Gasteiger partial charge on any atom is -0.493 e. The fourth-order valence-electron chi connectivity index (χ4n) is 2.17. The van der Waals surface area contributed by atoms with Crippen LogP contribution in [0.3, 0.4) is 0 Å². The first-order chi connectivity index (χ1) is 11.2.